The number of fused-ring (bicyclic) bond motifs is 1. The summed E-state index contributed by atoms with van der Waals surface area (Å²) in [6.07, 6.45) is -0.0795. The normalized spacial score (nSPS) is 26.2. The van der Waals surface area contributed by atoms with Gasteiger partial charge in [0.1, 0.15) is 6.10 Å². The molecule has 1 fully saturated rings. The summed E-state index contributed by atoms with van der Waals surface area (Å²) in [4.78, 5) is 8.07. The van der Waals surface area contributed by atoms with Crippen molar-refractivity contribution >= 4 is 22.8 Å². The number of hydrogen-bond donors (Lipinski definition) is 5. The van der Waals surface area contributed by atoms with E-state index in [2.05, 4.69) is 20.5 Å². The number of aliphatic hydroxyl groups excluding tert-OH is 2. The Morgan fingerprint density at radius 3 is 2.95 bits per heavy atom. The number of nitrogens with one attached hydrogen (secondary N) is 1. The quantitative estimate of drug-likeness (QED) is 0.328. The lowest BCUT2D eigenvalue weighted by Gasteiger charge is -2.13. The van der Waals surface area contributed by atoms with Crippen LogP contribution in [0.3, 0.4) is 0 Å². The number of hydrazine groups is 1. The molecule has 108 valence electrons. The van der Waals surface area contributed by atoms with E-state index in [4.69, 9.17) is 21.4 Å². The van der Waals surface area contributed by atoms with Crippen LogP contribution in [0, 0.1) is 0 Å². The fourth-order valence-electron chi connectivity index (χ4n) is 2.29. The van der Waals surface area contributed by atoms with E-state index in [1.807, 2.05) is 0 Å². The first-order valence-corrected chi connectivity index (χ1v) is 6.05. The van der Waals surface area contributed by atoms with Gasteiger partial charge >= 0.3 is 0 Å². The number of ether oxygens (including phenoxy) is 1. The summed E-state index contributed by atoms with van der Waals surface area (Å²) < 4.78 is 7.03. The Balaban J connectivity index is 2.03. The van der Waals surface area contributed by atoms with Crippen molar-refractivity contribution < 1.29 is 14.9 Å². The highest BCUT2D eigenvalue weighted by Crippen LogP contribution is 2.31. The molecule has 0 spiro atoms. The highest BCUT2D eigenvalue weighted by atomic mass is 16.5. The number of rotatable bonds is 3. The zero-order chi connectivity index (χ0) is 14.3. The molecule has 2 aromatic rings. The topological polar surface area (TPSA) is 157 Å². The van der Waals surface area contributed by atoms with Crippen LogP contribution < -0.4 is 17.0 Å². The summed E-state index contributed by atoms with van der Waals surface area (Å²) in [5.74, 6) is 5.78. The summed E-state index contributed by atoms with van der Waals surface area (Å²) in [5, 5.41) is 23.6. The van der Waals surface area contributed by atoms with Gasteiger partial charge in [0.2, 0.25) is 5.95 Å². The molecule has 20 heavy (non-hydrogen) atoms. The fourth-order valence-corrected chi connectivity index (χ4v) is 2.29. The Morgan fingerprint density at radius 1 is 1.50 bits per heavy atom. The Labute approximate surface area is 113 Å². The summed E-state index contributed by atoms with van der Waals surface area (Å²) in [5.41, 5.74) is 8.49. The summed E-state index contributed by atoms with van der Waals surface area (Å²) in [6.45, 7) is -0.260. The van der Waals surface area contributed by atoms with Crippen LogP contribution in [-0.4, -0.2) is 48.8 Å². The number of anilines is 2. The molecule has 0 saturated carbocycles. The molecule has 7 N–H and O–H groups in total. The van der Waals surface area contributed by atoms with Crippen LogP contribution in [0.15, 0.2) is 6.20 Å². The predicted molar refractivity (Wildman–Crippen MR) is 69.2 cm³/mol. The Hall–Kier alpha value is -2.01. The highest BCUT2D eigenvalue weighted by molar-refractivity contribution is 5.87. The minimum absolute atomic E-state index is 0.0458. The highest BCUT2D eigenvalue weighted by Gasteiger charge is 2.35. The lowest BCUT2D eigenvalue weighted by Crippen LogP contribution is -2.24. The van der Waals surface area contributed by atoms with Gasteiger partial charge in [-0.25, -0.2) is 10.5 Å². The Kier molecular flexibility index (Phi) is 3.14. The average molecular weight is 281 g/mol. The second kappa shape index (κ2) is 4.83. The molecular formula is C10H15N7O3. The van der Waals surface area contributed by atoms with Gasteiger partial charge in [-0.1, -0.05) is 0 Å². The lowest BCUT2D eigenvalue weighted by atomic mass is 10.2. The molecule has 0 aliphatic carbocycles. The largest absolute Gasteiger partial charge is 0.394 e. The minimum atomic E-state index is -0.754. The second-order valence-electron chi connectivity index (χ2n) is 4.52. The van der Waals surface area contributed by atoms with E-state index in [0.717, 1.165) is 0 Å². The maximum absolute atomic E-state index is 9.77. The molecule has 2 aromatic heterocycles. The van der Waals surface area contributed by atoms with E-state index in [0.29, 0.717) is 23.3 Å². The molecule has 1 saturated heterocycles. The third-order valence-corrected chi connectivity index (χ3v) is 3.26. The number of aliphatic hydroxyl groups is 2. The first-order valence-electron chi connectivity index (χ1n) is 6.05. The van der Waals surface area contributed by atoms with Gasteiger partial charge in [-0.05, 0) is 0 Å². The van der Waals surface area contributed by atoms with Crippen molar-refractivity contribution in [3.63, 3.8) is 0 Å². The summed E-state index contributed by atoms with van der Waals surface area (Å²) >= 11 is 0. The van der Waals surface area contributed by atoms with E-state index >= 15 is 0 Å². The van der Waals surface area contributed by atoms with Gasteiger partial charge in [-0.3, -0.25) is 0 Å². The van der Waals surface area contributed by atoms with E-state index in [-0.39, 0.29) is 12.6 Å². The van der Waals surface area contributed by atoms with Gasteiger partial charge in [0, 0.05) is 6.42 Å². The maximum Gasteiger partial charge on any atom is 0.224 e. The van der Waals surface area contributed by atoms with Crippen molar-refractivity contribution in [1.29, 1.82) is 0 Å². The van der Waals surface area contributed by atoms with Gasteiger partial charge in [0.15, 0.2) is 17.7 Å². The average Bonchev–Trinajstić information content (AvgIpc) is 3.00. The van der Waals surface area contributed by atoms with Crippen LogP contribution in [0.1, 0.15) is 12.6 Å². The molecule has 3 heterocycles. The smallest absolute Gasteiger partial charge is 0.224 e. The van der Waals surface area contributed by atoms with Crippen LogP contribution >= 0.6 is 0 Å². The molecule has 10 heteroatoms. The number of aromatic nitrogens is 4. The molecule has 0 bridgehead atoms. The van der Waals surface area contributed by atoms with E-state index in [9.17, 15) is 5.11 Å². The third-order valence-electron chi connectivity index (χ3n) is 3.26. The molecule has 0 radical (unpaired) electrons. The van der Waals surface area contributed by atoms with Gasteiger partial charge < -0.3 is 26.1 Å². The van der Waals surface area contributed by atoms with Crippen LogP contribution in [0.25, 0.3) is 11.0 Å². The molecular weight excluding hydrogens is 266 g/mol. The van der Waals surface area contributed by atoms with Crippen LogP contribution in [0.2, 0.25) is 0 Å². The lowest BCUT2D eigenvalue weighted by molar-refractivity contribution is -0.0470. The number of nitrogens with two attached hydrogens (primary N) is 2. The molecule has 3 atom stereocenters. The van der Waals surface area contributed by atoms with Crippen molar-refractivity contribution in [2.45, 2.75) is 24.9 Å². The SMILES string of the molecule is NNc1nc(N)nc2c1cnn2[C@H]1C[C@H](O)[C@@H](CO)O1. The van der Waals surface area contributed by atoms with Crippen molar-refractivity contribution in [2.24, 2.45) is 5.84 Å². The predicted octanol–water partition coefficient (Wildman–Crippen LogP) is -1.67. The van der Waals surface area contributed by atoms with Crippen molar-refractivity contribution in [1.82, 2.24) is 19.7 Å². The molecule has 0 unspecified atom stereocenters. The third kappa shape index (κ3) is 1.94. The van der Waals surface area contributed by atoms with Crippen molar-refractivity contribution in [2.75, 3.05) is 17.8 Å². The fraction of sp³-hybridized carbons (Fsp3) is 0.500. The number of nitrogens with zero attached hydrogens (tertiary/aromatic N) is 4. The molecule has 1 aliphatic rings. The van der Waals surface area contributed by atoms with Crippen LogP contribution in [0.5, 0.6) is 0 Å². The standard InChI is InChI=1S/C10H15N7O3/c11-10-14-8(16-12)4-2-13-17(9(4)15-10)7-1-5(19)6(3-18)20-7/h2,5-7,18-19H,1,3,12H2,(H3,11,14,15,16)/t5-,6+,7+/m0/s1. The zero-order valence-corrected chi connectivity index (χ0v) is 10.5. The maximum atomic E-state index is 9.77. The number of nitrogen functional groups attached to an aromatic ring is 2. The monoisotopic (exact) mass is 281 g/mol. The van der Waals surface area contributed by atoms with Crippen LogP contribution in [0.4, 0.5) is 11.8 Å². The van der Waals surface area contributed by atoms with E-state index in [1.54, 1.807) is 0 Å². The molecule has 3 rings (SSSR count). The van der Waals surface area contributed by atoms with Crippen molar-refractivity contribution in [3.8, 4) is 0 Å². The molecule has 0 amide bonds. The van der Waals surface area contributed by atoms with E-state index < -0.39 is 18.4 Å². The first-order chi connectivity index (χ1) is 9.63. The summed E-state index contributed by atoms with van der Waals surface area (Å²) in [6, 6.07) is 0. The van der Waals surface area contributed by atoms with Crippen LogP contribution in [-0.2, 0) is 4.74 Å². The molecule has 0 aromatic carbocycles. The minimum Gasteiger partial charge on any atom is -0.394 e. The van der Waals surface area contributed by atoms with Gasteiger partial charge in [-0.2, -0.15) is 15.1 Å². The first kappa shape index (κ1) is 13.0. The number of hydrogen-bond acceptors (Lipinski definition) is 9. The Morgan fingerprint density at radius 2 is 2.30 bits per heavy atom. The van der Waals surface area contributed by atoms with Crippen molar-refractivity contribution in [3.05, 3.63) is 6.20 Å². The molecule has 1 aliphatic heterocycles. The zero-order valence-electron chi connectivity index (χ0n) is 10.5. The van der Waals surface area contributed by atoms with Gasteiger partial charge in [0.25, 0.3) is 0 Å². The van der Waals surface area contributed by atoms with E-state index in [1.165, 1.54) is 10.9 Å². The van der Waals surface area contributed by atoms with Gasteiger partial charge in [-0.15, -0.1) is 0 Å². The molecule has 10 nitrogen and oxygen atoms in total. The summed E-state index contributed by atoms with van der Waals surface area (Å²) in [7, 11) is 0. The Bertz CT molecular complexity index is 631. The van der Waals surface area contributed by atoms with Gasteiger partial charge in [0.05, 0.1) is 24.3 Å². The second-order valence-corrected chi connectivity index (χ2v) is 4.52.